The van der Waals surface area contributed by atoms with Crippen molar-refractivity contribution in [2.75, 3.05) is 0 Å². The minimum atomic E-state index is -0.862. The molecule has 60 heavy (non-hydrogen) atoms. The number of amides is 2. The molecule has 0 heterocycles. The fraction of sp³-hybridized carbons (Fsp3) is 0.333. The van der Waals surface area contributed by atoms with Gasteiger partial charge in [-0.15, -0.1) is 0 Å². The largest absolute Gasteiger partial charge is 0.508 e. The number of carbonyl (C=O) groups is 4. The minimum Gasteiger partial charge on any atom is -0.508 e. The van der Waals surface area contributed by atoms with Gasteiger partial charge in [-0.05, 0) is 101 Å². The van der Waals surface area contributed by atoms with E-state index in [0.29, 0.717) is 25.7 Å². The molecule has 2 amide bonds. The Kier molecular flexibility index (Phi) is 13.6. The van der Waals surface area contributed by atoms with Crippen molar-refractivity contribution >= 4 is 23.8 Å². The van der Waals surface area contributed by atoms with Crippen molar-refractivity contribution < 1.29 is 79.7 Å². The summed E-state index contributed by atoms with van der Waals surface area (Å²) >= 11 is 0. The van der Waals surface area contributed by atoms with Gasteiger partial charge in [0.05, 0.1) is 11.1 Å². The molecule has 2 aliphatic carbocycles. The highest BCUT2D eigenvalue weighted by Crippen LogP contribution is 2.37. The smallest absolute Gasteiger partial charge is 0.338 e. The quantitative estimate of drug-likeness (QED) is 0.0834. The number of benzene rings is 4. The summed E-state index contributed by atoms with van der Waals surface area (Å²) in [6.45, 7) is 3.02. The predicted molar refractivity (Wildman–Crippen MR) is 210 cm³/mol. The predicted octanol–water partition coefficient (Wildman–Crippen LogP) is 4.84. The standard InChI is InChI=1S/C21H24N2O7.C21H22O9/c1-10-15(24)6-11(7-16(10)25)20(29)22-13-4-2-3-5-14(13)23-21(30)12-8-17(26)19(28)18(27)9-12;1-10-13(22)6-11(7-14(10)23)20(27)29-17-4-2-3-5-18(17)30-21(28)12-8-15(24)19(26)16(25)9-12/h6-9,13-14,24-28H,2-5H2,1H3,(H,22,29)(H,23,30);6-9,17-18,22-26H,2-5H2,1H3/t13-,14+;17-,18+/m11/s1. The summed E-state index contributed by atoms with van der Waals surface area (Å²) in [6.07, 6.45) is 3.77. The summed E-state index contributed by atoms with van der Waals surface area (Å²) in [6, 6.07) is 8.11. The normalized spacial score (nSPS) is 18.6. The van der Waals surface area contributed by atoms with Crippen LogP contribution in [0, 0.1) is 13.8 Å². The zero-order valence-corrected chi connectivity index (χ0v) is 32.5. The third-order valence-electron chi connectivity index (χ3n) is 10.4. The van der Waals surface area contributed by atoms with Gasteiger partial charge in [0.25, 0.3) is 11.8 Å². The Labute approximate surface area is 342 Å². The molecule has 18 nitrogen and oxygen atoms in total. The summed E-state index contributed by atoms with van der Waals surface area (Å²) < 4.78 is 10.9. The van der Waals surface area contributed by atoms with E-state index < -0.39 is 76.5 Å². The zero-order chi connectivity index (χ0) is 44.0. The molecule has 2 aliphatic rings. The molecule has 12 N–H and O–H groups in total. The average molecular weight is 835 g/mol. The molecule has 0 saturated heterocycles. The van der Waals surface area contributed by atoms with Crippen LogP contribution in [0.5, 0.6) is 57.5 Å². The van der Waals surface area contributed by atoms with Gasteiger partial charge in [-0.3, -0.25) is 9.59 Å². The van der Waals surface area contributed by atoms with Crippen molar-refractivity contribution in [1.82, 2.24) is 10.6 Å². The number of carbonyl (C=O) groups excluding carboxylic acids is 4. The van der Waals surface area contributed by atoms with Gasteiger partial charge in [0, 0.05) is 34.3 Å². The third kappa shape index (κ3) is 10.2. The molecule has 0 radical (unpaired) electrons. The number of nitrogens with one attached hydrogen (secondary N) is 2. The Morgan fingerprint density at radius 1 is 0.433 bits per heavy atom. The van der Waals surface area contributed by atoms with Gasteiger partial charge < -0.3 is 71.2 Å². The number of rotatable bonds is 8. The summed E-state index contributed by atoms with van der Waals surface area (Å²) in [5, 5.41) is 102. The molecule has 6 rings (SSSR count). The van der Waals surface area contributed by atoms with E-state index in [1.165, 1.54) is 38.1 Å². The maximum absolute atomic E-state index is 12.6. The molecule has 2 saturated carbocycles. The van der Waals surface area contributed by atoms with E-state index >= 15 is 0 Å². The van der Waals surface area contributed by atoms with Crippen LogP contribution in [-0.2, 0) is 9.47 Å². The Morgan fingerprint density at radius 3 is 1.03 bits per heavy atom. The first-order valence-electron chi connectivity index (χ1n) is 18.9. The Bertz CT molecular complexity index is 1880. The van der Waals surface area contributed by atoms with E-state index in [1.54, 1.807) is 0 Å². The molecular weight excluding hydrogens is 788 g/mol. The molecular formula is C42H46N2O16. The average Bonchev–Trinajstić information content (AvgIpc) is 3.20. The van der Waals surface area contributed by atoms with Crippen LogP contribution in [0.4, 0.5) is 0 Å². The van der Waals surface area contributed by atoms with E-state index in [9.17, 15) is 70.2 Å². The van der Waals surface area contributed by atoms with Crippen molar-refractivity contribution in [3.63, 3.8) is 0 Å². The van der Waals surface area contributed by atoms with Gasteiger partial charge in [-0.1, -0.05) is 12.8 Å². The van der Waals surface area contributed by atoms with Crippen molar-refractivity contribution in [1.29, 1.82) is 0 Å². The van der Waals surface area contributed by atoms with E-state index in [-0.39, 0.29) is 62.4 Å². The second-order valence-corrected chi connectivity index (χ2v) is 14.6. The van der Waals surface area contributed by atoms with Crippen LogP contribution in [0.15, 0.2) is 48.5 Å². The highest BCUT2D eigenvalue weighted by Gasteiger charge is 2.33. The second kappa shape index (κ2) is 18.6. The summed E-state index contributed by atoms with van der Waals surface area (Å²) in [7, 11) is 0. The molecule has 2 fully saturated rings. The molecule has 4 atom stereocenters. The minimum absolute atomic E-state index is 0.0353. The molecule has 4 aromatic rings. The van der Waals surface area contributed by atoms with Crippen LogP contribution in [0.2, 0.25) is 0 Å². The van der Waals surface area contributed by atoms with Crippen LogP contribution < -0.4 is 10.6 Å². The number of phenols is 10. The lowest BCUT2D eigenvalue weighted by Crippen LogP contribution is -2.53. The Hall–Kier alpha value is -7.24. The van der Waals surface area contributed by atoms with Crippen LogP contribution >= 0.6 is 0 Å². The summed E-state index contributed by atoms with van der Waals surface area (Å²) in [5.74, 6) is -7.64. The lowest BCUT2D eigenvalue weighted by atomic mass is 9.89. The van der Waals surface area contributed by atoms with Gasteiger partial charge in [0.2, 0.25) is 0 Å². The first-order valence-corrected chi connectivity index (χ1v) is 18.9. The number of hydrogen-bond donors (Lipinski definition) is 12. The van der Waals surface area contributed by atoms with Crippen molar-refractivity contribution in [3.8, 4) is 57.5 Å². The van der Waals surface area contributed by atoms with E-state index in [2.05, 4.69) is 10.6 Å². The molecule has 0 spiro atoms. The van der Waals surface area contributed by atoms with Gasteiger partial charge in [0.1, 0.15) is 35.2 Å². The van der Waals surface area contributed by atoms with Gasteiger partial charge in [-0.2, -0.15) is 0 Å². The first kappa shape index (κ1) is 43.9. The van der Waals surface area contributed by atoms with Crippen molar-refractivity contribution in [3.05, 3.63) is 81.9 Å². The van der Waals surface area contributed by atoms with E-state index in [0.717, 1.165) is 49.9 Å². The lowest BCUT2D eigenvalue weighted by Gasteiger charge is -2.33. The third-order valence-corrected chi connectivity index (χ3v) is 10.4. The van der Waals surface area contributed by atoms with E-state index in [4.69, 9.17) is 9.47 Å². The van der Waals surface area contributed by atoms with Crippen LogP contribution in [0.3, 0.4) is 0 Å². The topological polar surface area (TPSA) is 313 Å². The van der Waals surface area contributed by atoms with Gasteiger partial charge in [0.15, 0.2) is 34.5 Å². The fourth-order valence-electron chi connectivity index (χ4n) is 6.80. The number of ether oxygens (including phenoxy) is 2. The molecule has 0 bridgehead atoms. The molecule has 320 valence electrons. The lowest BCUT2D eigenvalue weighted by molar-refractivity contribution is -0.0514. The Balaban J connectivity index is 0.000000228. The van der Waals surface area contributed by atoms with Crippen molar-refractivity contribution in [2.45, 2.75) is 89.5 Å². The zero-order valence-electron chi connectivity index (χ0n) is 32.5. The van der Waals surface area contributed by atoms with Crippen LogP contribution in [0.1, 0.15) is 104 Å². The number of esters is 2. The molecule has 0 aromatic heterocycles. The highest BCUT2D eigenvalue weighted by atomic mass is 16.6. The number of aromatic hydroxyl groups is 10. The summed E-state index contributed by atoms with van der Waals surface area (Å²) in [4.78, 5) is 50.1. The first-order chi connectivity index (χ1) is 28.3. The van der Waals surface area contributed by atoms with Gasteiger partial charge >= 0.3 is 11.9 Å². The maximum Gasteiger partial charge on any atom is 0.338 e. The van der Waals surface area contributed by atoms with E-state index in [1.807, 2.05) is 0 Å². The number of phenolic OH excluding ortho intramolecular Hbond substituents is 10. The SMILES string of the molecule is Cc1c(O)cc(C(=O)N[C@@H]2CCCC[C@@H]2NC(=O)c2cc(O)c(O)c(O)c2)cc1O.Cc1c(O)cc(C(=O)O[C@@H]2CCCC[C@@H]2OC(=O)c2cc(O)c(O)c(O)c2)cc1O. The molecule has 18 heteroatoms. The van der Waals surface area contributed by atoms with Crippen LogP contribution in [0.25, 0.3) is 0 Å². The Morgan fingerprint density at radius 2 is 0.700 bits per heavy atom. The van der Waals surface area contributed by atoms with Crippen molar-refractivity contribution in [2.24, 2.45) is 0 Å². The monoisotopic (exact) mass is 834 g/mol. The van der Waals surface area contributed by atoms with Crippen LogP contribution in [-0.4, -0.2) is 99.1 Å². The maximum atomic E-state index is 12.6. The molecule has 4 aromatic carbocycles. The molecule has 0 aliphatic heterocycles. The van der Waals surface area contributed by atoms with Gasteiger partial charge in [-0.25, -0.2) is 9.59 Å². The summed E-state index contributed by atoms with van der Waals surface area (Å²) in [5.41, 5.74) is 0.351. The molecule has 0 unspecified atom stereocenters. The second-order valence-electron chi connectivity index (χ2n) is 14.6. The fourth-order valence-corrected chi connectivity index (χ4v) is 6.80. The highest BCUT2D eigenvalue weighted by molar-refractivity contribution is 5.97. The number of hydrogen-bond acceptors (Lipinski definition) is 16.